The minimum atomic E-state index is -0.200. The molecule has 0 aliphatic heterocycles. The first-order chi connectivity index (χ1) is 8.20. The van der Waals surface area contributed by atoms with Gasteiger partial charge < -0.3 is 4.90 Å². The van der Waals surface area contributed by atoms with Gasteiger partial charge in [-0.2, -0.15) is 0 Å². The van der Waals surface area contributed by atoms with E-state index in [2.05, 4.69) is 9.97 Å². The zero-order chi connectivity index (χ0) is 12.3. The van der Waals surface area contributed by atoms with E-state index >= 15 is 0 Å². The largest absolute Gasteiger partial charge is 0.311 e. The summed E-state index contributed by atoms with van der Waals surface area (Å²) in [4.78, 5) is 21.5. The number of anilines is 1. The van der Waals surface area contributed by atoms with Gasteiger partial charge in [0, 0.05) is 37.5 Å². The number of pyridine rings is 2. The van der Waals surface area contributed by atoms with Crippen LogP contribution in [0.3, 0.4) is 0 Å². The van der Waals surface area contributed by atoms with E-state index in [1.54, 1.807) is 43.8 Å². The second-order valence-electron chi connectivity index (χ2n) is 3.43. The van der Waals surface area contributed by atoms with Crippen LogP contribution in [0.15, 0.2) is 43.0 Å². The van der Waals surface area contributed by atoms with E-state index in [0.717, 1.165) is 5.69 Å². The van der Waals surface area contributed by atoms with E-state index in [0.29, 0.717) is 10.6 Å². The molecule has 0 spiro atoms. The second kappa shape index (κ2) is 4.93. The van der Waals surface area contributed by atoms with Gasteiger partial charge in [0.2, 0.25) is 0 Å². The Labute approximate surface area is 104 Å². The third-order valence-corrected chi connectivity index (χ3v) is 2.68. The second-order valence-corrected chi connectivity index (χ2v) is 3.83. The summed E-state index contributed by atoms with van der Waals surface area (Å²) in [5, 5.41) is 0.394. The summed E-state index contributed by atoms with van der Waals surface area (Å²) in [7, 11) is 1.68. The van der Waals surface area contributed by atoms with Gasteiger partial charge in [-0.15, -0.1) is 0 Å². The summed E-state index contributed by atoms with van der Waals surface area (Å²) in [6.45, 7) is 0. The highest BCUT2D eigenvalue weighted by molar-refractivity contribution is 6.34. The van der Waals surface area contributed by atoms with Crippen molar-refractivity contribution in [2.45, 2.75) is 0 Å². The van der Waals surface area contributed by atoms with E-state index in [9.17, 15) is 4.79 Å². The normalized spacial score (nSPS) is 10.0. The van der Waals surface area contributed by atoms with Crippen LogP contribution in [-0.2, 0) is 0 Å². The third kappa shape index (κ3) is 2.42. The predicted molar refractivity (Wildman–Crippen MR) is 66.2 cm³/mol. The molecule has 2 aromatic rings. The molecule has 0 aliphatic carbocycles. The molecule has 0 unspecified atom stereocenters. The molecule has 2 rings (SSSR count). The van der Waals surface area contributed by atoms with Crippen LogP contribution in [0.4, 0.5) is 5.69 Å². The van der Waals surface area contributed by atoms with Crippen molar-refractivity contribution < 1.29 is 4.79 Å². The molecular formula is C12H10ClN3O. The summed E-state index contributed by atoms with van der Waals surface area (Å²) < 4.78 is 0. The molecule has 1 amide bonds. The maximum absolute atomic E-state index is 12.1. The van der Waals surface area contributed by atoms with E-state index < -0.39 is 0 Å². The van der Waals surface area contributed by atoms with Gasteiger partial charge in [-0.05, 0) is 18.2 Å². The van der Waals surface area contributed by atoms with Gasteiger partial charge in [-0.1, -0.05) is 11.6 Å². The van der Waals surface area contributed by atoms with Gasteiger partial charge in [0.05, 0.1) is 10.6 Å². The van der Waals surface area contributed by atoms with E-state index in [4.69, 9.17) is 11.6 Å². The van der Waals surface area contributed by atoms with Crippen molar-refractivity contribution >= 4 is 23.2 Å². The van der Waals surface area contributed by atoms with E-state index in [1.807, 2.05) is 0 Å². The number of carbonyl (C=O) groups excluding carboxylic acids is 1. The fourth-order valence-electron chi connectivity index (χ4n) is 1.40. The van der Waals surface area contributed by atoms with Crippen LogP contribution in [0.25, 0.3) is 0 Å². The number of nitrogens with zero attached hydrogens (tertiary/aromatic N) is 3. The number of aromatic nitrogens is 2. The monoisotopic (exact) mass is 247 g/mol. The average molecular weight is 248 g/mol. The van der Waals surface area contributed by atoms with Gasteiger partial charge in [-0.25, -0.2) is 0 Å². The first-order valence-corrected chi connectivity index (χ1v) is 5.35. The van der Waals surface area contributed by atoms with Crippen LogP contribution in [0.1, 0.15) is 10.4 Å². The Hall–Kier alpha value is -1.94. The van der Waals surface area contributed by atoms with E-state index in [-0.39, 0.29) is 5.91 Å². The minimum Gasteiger partial charge on any atom is -0.311 e. The van der Waals surface area contributed by atoms with E-state index in [1.165, 1.54) is 11.1 Å². The number of hydrogen-bond donors (Lipinski definition) is 0. The third-order valence-electron chi connectivity index (χ3n) is 2.35. The van der Waals surface area contributed by atoms with Crippen LogP contribution >= 0.6 is 11.6 Å². The molecule has 0 saturated carbocycles. The first kappa shape index (κ1) is 11.5. The summed E-state index contributed by atoms with van der Waals surface area (Å²) in [6, 6.07) is 5.10. The van der Waals surface area contributed by atoms with Gasteiger partial charge in [-0.3, -0.25) is 14.8 Å². The Morgan fingerprint density at radius 3 is 2.47 bits per heavy atom. The molecule has 17 heavy (non-hydrogen) atoms. The van der Waals surface area contributed by atoms with Crippen molar-refractivity contribution in [3.63, 3.8) is 0 Å². The molecule has 2 aromatic heterocycles. The maximum Gasteiger partial charge on any atom is 0.261 e. The lowest BCUT2D eigenvalue weighted by molar-refractivity contribution is 0.0993. The Morgan fingerprint density at radius 1 is 1.18 bits per heavy atom. The lowest BCUT2D eigenvalue weighted by atomic mass is 10.2. The smallest absolute Gasteiger partial charge is 0.261 e. The van der Waals surface area contributed by atoms with Crippen LogP contribution in [0.2, 0.25) is 5.02 Å². The van der Waals surface area contributed by atoms with Crippen molar-refractivity contribution in [1.29, 1.82) is 0 Å². The molecule has 0 atom stereocenters. The number of hydrogen-bond acceptors (Lipinski definition) is 3. The van der Waals surface area contributed by atoms with Gasteiger partial charge >= 0.3 is 0 Å². The quantitative estimate of drug-likeness (QED) is 0.819. The summed E-state index contributed by atoms with van der Waals surface area (Å²) in [6.07, 6.45) is 6.27. The summed E-state index contributed by atoms with van der Waals surface area (Å²) >= 11 is 5.95. The lowest BCUT2D eigenvalue weighted by Crippen LogP contribution is -2.26. The van der Waals surface area contributed by atoms with Crippen LogP contribution in [0, 0.1) is 0 Å². The Bertz CT molecular complexity index is 530. The molecule has 86 valence electrons. The number of halogens is 1. The molecule has 5 heteroatoms. The van der Waals surface area contributed by atoms with Crippen molar-refractivity contribution in [2.75, 3.05) is 11.9 Å². The van der Waals surface area contributed by atoms with Gasteiger partial charge in [0.1, 0.15) is 0 Å². The van der Waals surface area contributed by atoms with Crippen LogP contribution in [-0.4, -0.2) is 22.9 Å². The predicted octanol–water partition coefficient (Wildman–Crippen LogP) is 2.41. The Kier molecular flexibility index (Phi) is 3.35. The Balaban J connectivity index is 2.30. The standard InChI is InChI=1S/C12H10ClN3O/c1-16(9-2-5-14-6-3-9)12(17)10-8-15-7-4-11(10)13/h2-8H,1H3. The zero-order valence-electron chi connectivity index (χ0n) is 9.17. The summed E-state index contributed by atoms with van der Waals surface area (Å²) in [5.41, 5.74) is 1.14. The SMILES string of the molecule is CN(C(=O)c1cnccc1Cl)c1ccncc1. The highest BCUT2D eigenvalue weighted by Crippen LogP contribution is 2.19. The van der Waals surface area contributed by atoms with Crippen molar-refractivity contribution in [3.05, 3.63) is 53.6 Å². The molecule has 4 nitrogen and oxygen atoms in total. The van der Waals surface area contributed by atoms with Crippen molar-refractivity contribution in [3.8, 4) is 0 Å². The summed E-state index contributed by atoms with van der Waals surface area (Å²) in [5.74, 6) is -0.200. The molecule has 0 N–H and O–H groups in total. The Morgan fingerprint density at radius 2 is 1.82 bits per heavy atom. The highest BCUT2D eigenvalue weighted by atomic mass is 35.5. The molecule has 0 fully saturated rings. The molecular weight excluding hydrogens is 238 g/mol. The maximum atomic E-state index is 12.1. The number of amides is 1. The minimum absolute atomic E-state index is 0.200. The zero-order valence-corrected chi connectivity index (χ0v) is 9.93. The number of carbonyl (C=O) groups is 1. The fraction of sp³-hybridized carbons (Fsp3) is 0.0833. The molecule has 0 bridgehead atoms. The molecule has 0 aromatic carbocycles. The van der Waals surface area contributed by atoms with Crippen molar-refractivity contribution in [2.24, 2.45) is 0 Å². The highest BCUT2D eigenvalue weighted by Gasteiger charge is 2.16. The molecule has 0 radical (unpaired) electrons. The van der Waals surface area contributed by atoms with Gasteiger partial charge in [0.15, 0.2) is 0 Å². The molecule has 0 aliphatic rings. The topological polar surface area (TPSA) is 46.1 Å². The van der Waals surface area contributed by atoms with Gasteiger partial charge in [0.25, 0.3) is 5.91 Å². The first-order valence-electron chi connectivity index (χ1n) is 4.98. The molecule has 2 heterocycles. The van der Waals surface area contributed by atoms with Crippen LogP contribution in [0.5, 0.6) is 0 Å². The fourth-order valence-corrected chi connectivity index (χ4v) is 1.59. The van der Waals surface area contributed by atoms with Crippen LogP contribution < -0.4 is 4.90 Å². The average Bonchev–Trinajstić information content (AvgIpc) is 2.39. The number of rotatable bonds is 2. The lowest BCUT2D eigenvalue weighted by Gasteiger charge is -2.17. The molecule has 0 saturated heterocycles. The van der Waals surface area contributed by atoms with Crippen molar-refractivity contribution in [1.82, 2.24) is 9.97 Å².